The summed E-state index contributed by atoms with van der Waals surface area (Å²) in [5.74, 6) is 1.75. The quantitative estimate of drug-likeness (QED) is 0.359. The van der Waals surface area contributed by atoms with E-state index in [1.807, 2.05) is 18.2 Å². The number of sulfonamides is 1. The van der Waals surface area contributed by atoms with E-state index in [1.54, 1.807) is 14.0 Å². The Bertz CT molecular complexity index is 636. The normalized spacial score (nSPS) is 17.2. The van der Waals surface area contributed by atoms with Gasteiger partial charge in [0.1, 0.15) is 11.9 Å². The van der Waals surface area contributed by atoms with Crippen LogP contribution in [0.25, 0.3) is 0 Å². The van der Waals surface area contributed by atoms with Crippen LogP contribution >= 0.6 is 0 Å². The van der Waals surface area contributed by atoms with Crippen molar-refractivity contribution in [3.63, 3.8) is 0 Å². The predicted molar refractivity (Wildman–Crippen MR) is 96.0 cm³/mol. The number of ether oxygens (including phenoxy) is 1. The molecule has 1 unspecified atom stereocenters. The molecule has 0 amide bonds. The first-order chi connectivity index (χ1) is 11.5. The molecule has 0 fully saturated rings. The number of hydrogen-bond acceptors (Lipinski definition) is 4. The molecule has 0 saturated heterocycles. The molecule has 7 nitrogen and oxygen atoms in total. The van der Waals surface area contributed by atoms with Gasteiger partial charge in [0, 0.05) is 26.6 Å². The van der Waals surface area contributed by atoms with Gasteiger partial charge in [-0.25, -0.2) is 13.1 Å². The van der Waals surface area contributed by atoms with Crippen molar-refractivity contribution >= 4 is 16.0 Å². The third-order valence-electron chi connectivity index (χ3n) is 3.78. The van der Waals surface area contributed by atoms with E-state index >= 15 is 0 Å². The number of rotatable bonds is 8. The molecule has 1 aromatic rings. The summed E-state index contributed by atoms with van der Waals surface area (Å²) < 4.78 is 31.0. The molecular formula is C16H26N4O3S. The zero-order valence-electron chi connectivity index (χ0n) is 14.2. The first-order valence-electron chi connectivity index (χ1n) is 8.20. The molecule has 0 aromatic heterocycles. The lowest BCUT2D eigenvalue weighted by Crippen LogP contribution is -2.43. The van der Waals surface area contributed by atoms with Crippen LogP contribution in [0.1, 0.15) is 18.9 Å². The maximum atomic E-state index is 11.3. The van der Waals surface area contributed by atoms with Crippen LogP contribution in [-0.2, 0) is 16.4 Å². The number of nitrogens with one attached hydrogen (secondary N) is 3. The van der Waals surface area contributed by atoms with Crippen molar-refractivity contribution in [1.29, 1.82) is 0 Å². The number of benzene rings is 1. The first kappa shape index (κ1) is 18.5. The summed E-state index contributed by atoms with van der Waals surface area (Å²) in [5.41, 5.74) is 1.23. The third-order valence-corrected chi connectivity index (χ3v) is 5.19. The molecule has 3 N–H and O–H groups in total. The topological polar surface area (TPSA) is 91.8 Å². The number of fused-ring (bicyclic) bond motifs is 1. The van der Waals surface area contributed by atoms with E-state index < -0.39 is 10.0 Å². The fourth-order valence-electron chi connectivity index (χ4n) is 2.42. The molecule has 0 bridgehead atoms. The Kier molecular flexibility index (Phi) is 6.86. The predicted octanol–water partition coefficient (Wildman–Crippen LogP) is 0.485. The van der Waals surface area contributed by atoms with Gasteiger partial charge in [0.05, 0.1) is 12.3 Å². The Hall–Kier alpha value is -1.80. The summed E-state index contributed by atoms with van der Waals surface area (Å²) in [4.78, 5) is 4.16. The van der Waals surface area contributed by atoms with Crippen LogP contribution in [0.2, 0.25) is 0 Å². The van der Waals surface area contributed by atoms with Crippen LogP contribution in [0, 0.1) is 0 Å². The summed E-state index contributed by atoms with van der Waals surface area (Å²) >= 11 is 0. The second-order valence-electron chi connectivity index (χ2n) is 5.58. The smallest absolute Gasteiger partial charge is 0.211 e. The fraction of sp³-hybridized carbons (Fsp3) is 0.562. The van der Waals surface area contributed by atoms with Crippen LogP contribution < -0.4 is 20.1 Å². The highest BCUT2D eigenvalue weighted by Crippen LogP contribution is 2.27. The third kappa shape index (κ3) is 5.68. The second kappa shape index (κ2) is 8.89. The van der Waals surface area contributed by atoms with Gasteiger partial charge < -0.3 is 15.4 Å². The lowest BCUT2D eigenvalue weighted by atomic mass is 10.1. The van der Waals surface area contributed by atoms with Crippen molar-refractivity contribution in [2.45, 2.75) is 25.9 Å². The number of guanidine groups is 1. The minimum absolute atomic E-state index is 0.0947. The number of hydrogen-bond donors (Lipinski definition) is 3. The standard InChI is InChI=1S/C16H26N4O3S/c1-3-24(21,22)20-10-6-9-18-16(17-2)19-12-14-11-13-7-4-5-8-15(13)23-14/h4-5,7-8,14,20H,3,6,9-12H2,1-2H3,(H2,17,18,19). The zero-order chi connectivity index (χ0) is 17.4. The fourth-order valence-corrected chi connectivity index (χ4v) is 3.08. The Labute approximate surface area is 143 Å². The molecule has 134 valence electrons. The van der Waals surface area contributed by atoms with E-state index in [9.17, 15) is 8.42 Å². The monoisotopic (exact) mass is 354 g/mol. The molecule has 1 heterocycles. The molecule has 0 saturated carbocycles. The average molecular weight is 354 g/mol. The Morgan fingerprint density at radius 1 is 1.29 bits per heavy atom. The molecule has 2 rings (SSSR count). The largest absolute Gasteiger partial charge is 0.488 e. The number of nitrogens with zero attached hydrogens (tertiary/aromatic N) is 1. The van der Waals surface area contributed by atoms with Crippen LogP contribution in [0.15, 0.2) is 29.3 Å². The summed E-state index contributed by atoms with van der Waals surface area (Å²) in [5, 5.41) is 6.41. The van der Waals surface area contributed by atoms with Crippen molar-refractivity contribution in [2.24, 2.45) is 4.99 Å². The zero-order valence-corrected chi connectivity index (χ0v) is 15.0. The molecular weight excluding hydrogens is 328 g/mol. The van der Waals surface area contributed by atoms with E-state index in [2.05, 4.69) is 26.4 Å². The van der Waals surface area contributed by atoms with Gasteiger partial charge in [0.2, 0.25) is 10.0 Å². The molecule has 0 aliphatic carbocycles. The highest BCUT2D eigenvalue weighted by atomic mass is 32.2. The van der Waals surface area contributed by atoms with Gasteiger partial charge >= 0.3 is 0 Å². The first-order valence-corrected chi connectivity index (χ1v) is 9.85. The SMILES string of the molecule is CCS(=O)(=O)NCCCNC(=NC)NCC1Cc2ccccc2O1. The van der Waals surface area contributed by atoms with Gasteiger partial charge in [-0.05, 0) is 25.0 Å². The minimum Gasteiger partial charge on any atom is -0.488 e. The molecule has 0 spiro atoms. The summed E-state index contributed by atoms with van der Waals surface area (Å²) in [6, 6.07) is 8.06. The minimum atomic E-state index is -3.11. The Morgan fingerprint density at radius 3 is 2.79 bits per heavy atom. The molecule has 8 heteroatoms. The van der Waals surface area contributed by atoms with Crippen LogP contribution in [-0.4, -0.2) is 52.9 Å². The van der Waals surface area contributed by atoms with Crippen molar-refractivity contribution in [3.8, 4) is 5.75 Å². The van der Waals surface area contributed by atoms with Gasteiger partial charge in [0.25, 0.3) is 0 Å². The number of para-hydroxylation sites is 1. The van der Waals surface area contributed by atoms with Gasteiger partial charge in [-0.2, -0.15) is 0 Å². The van der Waals surface area contributed by atoms with Crippen molar-refractivity contribution in [2.75, 3.05) is 32.4 Å². The molecule has 1 aliphatic heterocycles. The maximum Gasteiger partial charge on any atom is 0.211 e. The van der Waals surface area contributed by atoms with Crippen LogP contribution in [0.5, 0.6) is 5.75 Å². The van der Waals surface area contributed by atoms with E-state index in [0.717, 1.165) is 12.2 Å². The van der Waals surface area contributed by atoms with Crippen molar-refractivity contribution in [1.82, 2.24) is 15.4 Å². The lowest BCUT2D eigenvalue weighted by Gasteiger charge is -2.15. The highest BCUT2D eigenvalue weighted by Gasteiger charge is 2.22. The second-order valence-corrected chi connectivity index (χ2v) is 7.68. The van der Waals surface area contributed by atoms with Gasteiger partial charge in [-0.3, -0.25) is 4.99 Å². The molecule has 1 atom stereocenters. The van der Waals surface area contributed by atoms with Crippen molar-refractivity contribution in [3.05, 3.63) is 29.8 Å². The van der Waals surface area contributed by atoms with Crippen LogP contribution in [0.3, 0.4) is 0 Å². The summed E-state index contributed by atoms with van der Waals surface area (Å²) in [7, 11) is -1.41. The van der Waals surface area contributed by atoms with Gasteiger partial charge in [-0.15, -0.1) is 0 Å². The van der Waals surface area contributed by atoms with E-state index in [0.29, 0.717) is 32.0 Å². The van der Waals surface area contributed by atoms with Gasteiger partial charge in [-0.1, -0.05) is 18.2 Å². The lowest BCUT2D eigenvalue weighted by molar-refractivity contribution is 0.235. The van der Waals surface area contributed by atoms with Gasteiger partial charge in [0.15, 0.2) is 5.96 Å². The molecule has 1 aromatic carbocycles. The Morgan fingerprint density at radius 2 is 2.08 bits per heavy atom. The highest BCUT2D eigenvalue weighted by molar-refractivity contribution is 7.89. The Balaban J connectivity index is 1.63. The molecule has 1 aliphatic rings. The van der Waals surface area contributed by atoms with E-state index in [1.165, 1.54) is 5.56 Å². The van der Waals surface area contributed by atoms with E-state index in [-0.39, 0.29) is 11.9 Å². The number of aliphatic imine (C=N–C) groups is 1. The molecule has 0 radical (unpaired) electrons. The summed E-state index contributed by atoms with van der Waals surface area (Å²) in [6.07, 6.45) is 1.67. The van der Waals surface area contributed by atoms with Crippen LogP contribution in [0.4, 0.5) is 0 Å². The van der Waals surface area contributed by atoms with Crippen molar-refractivity contribution < 1.29 is 13.2 Å². The van der Waals surface area contributed by atoms with E-state index in [4.69, 9.17) is 4.74 Å². The maximum absolute atomic E-state index is 11.3. The average Bonchev–Trinajstić information content (AvgIpc) is 3.00. The summed E-state index contributed by atoms with van der Waals surface area (Å²) in [6.45, 7) is 3.34. The molecule has 24 heavy (non-hydrogen) atoms.